The molecule has 0 heterocycles. The fourth-order valence-electron chi connectivity index (χ4n) is 1.38. The highest BCUT2D eigenvalue weighted by Gasteiger charge is 2.17. The van der Waals surface area contributed by atoms with Gasteiger partial charge in [-0.1, -0.05) is 15.9 Å². The second-order valence-electron chi connectivity index (χ2n) is 3.69. The topological polar surface area (TPSA) is 102 Å². The van der Waals surface area contributed by atoms with Crippen LogP contribution >= 0.6 is 15.9 Å². The van der Waals surface area contributed by atoms with E-state index in [9.17, 15) is 14.4 Å². The first-order chi connectivity index (χ1) is 9.88. The zero-order valence-corrected chi connectivity index (χ0v) is 12.8. The second kappa shape index (κ2) is 7.44. The Bertz CT molecular complexity index is 611. The molecule has 0 saturated heterocycles. The van der Waals surface area contributed by atoms with Crippen molar-refractivity contribution in [1.82, 2.24) is 0 Å². The fourth-order valence-corrected chi connectivity index (χ4v) is 1.74. The Labute approximate surface area is 128 Å². The summed E-state index contributed by atoms with van der Waals surface area (Å²) < 4.78 is 9.50. The minimum atomic E-state index is -1.19. The summed E-state index contributed by atoms with van der Waals surface area (Å²) >= 11 is 3.15. The molecule has 0 amide bonds. The summed E-state index contributed by atoms with van der Waals surface area (Å²) in [5.41, 5.74) is -0.190. The molecule has 0 unspecified atom stereocenters. The van der Waals surface area contributed by atoms with Crippen molar-refractivity contribution in [2.24, 2.45) is 0 Å². The lowest BCUT2D eigenvalue weighted by atomic mass is 10.1. The number of carboxylic acid groups (broad SMARTS) is 1. The number of methoxy groups -OCH3 is 2. The van der Waals surface area contributed by atoms with Gasteiger partial charge in [0, 0.05) is 4.47 Å². The molecule has 8 heteroatoms. The zero-order chi connectivity index (χ0) is 16.0. The number of anilines is 1. The van der Waals surface area contributed by atoms with Crippen LogP contribution in [0.2, 0.25) is 0 Å². The van der Waals surface area contributed by atoms with Crippen LogP contribution in [0.4, 0.5) is 5.69 Å². The minimum Gasteiger partial charge on any atom is -0.478 e. The summed E-state index contributed by atoms with van der Waals surface area (Å²) in [5.74, 6) is -2.81. The molecule has 1 aromatic rings. The van der Waals surface area contributed by atoms with Gasteiger partial charge in [-0.3, -0.25) is 0 Å². The lowest BCUT2D eigenvalue weighted by Crippen LogP contribution is -2.17. The Morgan fingerprint density at radius 3 is 2.43 bits per heavy atom. The van der Waals surface area contributed by atoms with E-state index in [0.717, 1.165) is 20.3 Å². The van der Waals surface area contributed by atoms with E-state index in [1.165, 1.54) is 12.1 Å². The zero-order valence-electron chi connectivity index (χ0n) is 11.2. The first-order valence-electron chi connectivity index (χ1n) is 5.57. The highest BCUT2D eigenvalue weighted by molar-refractivity contribution is 9.10. The molecule has 0 atom stereocenters. The maximum atomic E-state index is 11.6. The summed E-state index contributed by atoms with van der Waals surface area (Å²) in [6.45, 7) is 0. The van der Waals surface area contributed by atoms with Crippen molar-refractivity contribution in [3.05, 3.63) is 40.0 Å². The molecule has 21 heavy (non-hydrogen) atoms. The molecule has 7 nitrogen and oxygen atoms in total. The van der Waals surface area contributed by atoms with Crippen molar-refractivity contribution in [3.63, 3.8) is 0 Å². The van der Waals surface area contributed by atoms with Crippen molar-refractivity contribution in [3.8, 4) is 0 Å². The Kier molecular flexibility index (Phi) is 5.92. The third kappa shape index (κ3) is 4.60. The summed E-state index contributed by atoms with van der Waals surface area (Å²) in [6.07, 6.45) is 0.875. The van der Waals surface area contributed by atoms with E-state index in [4.69, 9.17) is 5.11 Å². The molecule has 112 valence electrons. The molecular weight excluding hydrogens is 346 g/mol. The van der Waals surface area contributed by atoms with Crippen molar-refractivity contribution < 1.29 is 29.0 Å². The summed E-state index contributed by atoms with van der Waals surface area (Å²) in [7, 11) is 2.28. The van der Waals surface area contributed by atoms with Crippen LogP contribution in [-0.2, 0) is 19.1 Å². The van der Waals surface area contributed by atoms with Crippen LogP contribution in [0.1, 0.15) is 10.4 Å². The Balaban J connectivity index is 3.21. The molecule has 0 aliphatic heterocycles. The number of ether oxygens (including phenoxy) is 2. The van der Waals surface area contributed by atoms with Crippen molar-refractivity contribution in [1.29, 1.82) is 0 Å². The Morgan fingerprint density at radius 2 is 1.90 bits per heavy atom. The third-order valence-electron chi connectivity index (χ3n) is 2.35. The molecule has 1 aromatic carbocycles. The molecule has 2 N–H and O–H groups in total. The number of benzene rings is 1. The number of esters is 2. The van der Waals surface area contributed by atoms with Gasteiger partial charge in [0.1, 0.15) is 5.70 Å². The summed E-state index contributed by atoms with van der Waals surface area (Å²) in [4.78, 5) is 34.0. The SMILES string of the molecule is COC(=O)/C=C(/Nc1ccc(Br)cc1C(=O)O)C(=O)OC. The van der Waals surface area contributed by atoms with E-state index in [1.807, 2.05) is 0 Å². The number of carbonyl (C=O) groups excluding carboxylic acids is 2. The summed E-state index contributed by atoms with van der Waals surface area (Å²) in [6, 6.07) is 4.39. The number of carbonyl (C=O) groups is 3. The maximum absolute atomic E-state index is 11.6. The molecule has 0 aliphatic carbocycles. The number of nitrogens with one attached hydrogen (secondary N) is 1. The molecular formula is C13H12BrNO6. The van der Waals surface area contributed by atoms with Crippen LogP contribution in [0.15, 0.2) is 34.4 Å². The van der Waals surface area contributed by atoms with Gasteiger partial charge >= 0.3 is 17.9 Å². The van der Waals surface area contributed by atoms with Gasteiger partial charge < -0.3 is 19.9 Å². The molecule has 0 aromatic heterocycles. The van der Waals surface area contributed by atoms with E-state index in [0.29, 0.717) is 4.47 Å². The number of aromatic carboxylic acids is 1. The quantitative estimate of drug-likeness (QED) is 0.611. The van der Waals surface area contributed by atoms with Gasteiger partial charge in [-0.25, -0.2) is 14.4 Å². The first-order valence-corrected chi connectivity index (χ1v) is 6.36. The second-order valence-corrected chi connectivity index (χ2v) is 4.61. The van der Waals surface area contributed by atoms with Crippen LogP contribution in [0.3, 0.4) is 0 Å². The molecule has 0 aliphatic rings. The lowest BCUT2D eigenvalue weighted by molar-refractivity contribution is -0.138. The highest BCUT2D eigenvalue weighted by Crippen LogP contribution is 2.22. The maximum Gasteiger partial charge on any atom is 0.354 e. The average Bonchev–Trinajstić information content (AvgIpc) is 2.46. The number of rotatable bonds is 5. The third-order valence-corrected chi connectivity index (χ3v) is 2.84. The van der Waals surface area contributed by atoms with Gasteiger partial charge in [0.15, 0.2) is 0 Å². The first kappa shape index (κ1) is 16.7. The largest absolute Gasteiger partial charge is 0.478 e. The normalized spacial score (nSPS) is 10.7. The fraction of sp³-hybridized carbons (Fsp3) is 0.154. The molecule has 0 saturated carbocycles. The lowest BCUT2D eigenvalue weighted by Gasteiger charge is -2.11. The van der Waals surface area contributed by atoms with E-state index in [1.54, 1.807) is 6.07 Å². The van der Waals surface area contributed by atoms with Crippen LogP contribution < -0.4 is 5.32 Å². The number of halogens is 1. The smallest absolute Gasteiger partial charge is 0.354 e. The van der Waals surface area contributed by atoms with E-state index >= 15 is 0 Å². The van der Waals surface area contributed by atoms with Gasteiger partial charge in [-0.2, -0.15) is 0 Å². The predicted molar refractivity (Wildman–Crippen MR) is 76.8 cm³/mol. The average molecular weight is 358 g/mol. The van der Waals surface area contributed by atoms with Gasteiger partial charge in [0.05, 0.1) is 31.5 Å². The van der Waals surface area contributed by atoms with Crippen molar-refractivity contribution in [2.75, 3.05) is 19.5 Å². The van der Waals surface area contributed by atoms with Crippen LogP contribution in [0.25, 0.3) is 0 Å². The van der Waals surface area contributed by atoms with Crippen molar-refractivity contribution in [2.45, 2.75) is 0 Å². The predicted octanol–water partition coefficient (Wildman–Crippen LogP) is 1.79. The van der Waals surface area contributed by atoms with Gasteiger partial charge in [-0.05, 0) is 18.2 Å². The molecule has 0 fully saturated rings. The standard InChI is InChI=1S/C13H12BrNO6/c1-20-11(16)6-10(13(19)21-2)15-9-4-3-7(14)5-8(9)12(17)18/h3-6,15H,1-2H3,(H,17,18)/b10-6+. The van der Waals surface area contributed by atoms with E-state index in [-0.39, 0.29) is 16.9 Å². The Hall–Kier alpha value is -2.35. The number of hydrogen-bond acceptors (Lipinski definition) is 6. The number of carboxylic acids is 1. The molecule has 0 spiro atoms. The summed E-state index contributed by atoms with van der Waals surface area (Å²) in [5, 5.41) is 11.7. The van der Waals surface area contributed by atoms with Crippen LogP contribution in [-0.4, -0.2) is 37.2 Å². The van der Waals surface area contributed by atoms with Crippen molar-refractivity contribution >= 4 is 39.5 Å². The minimum absolute atomic E-state index is 0.0796. The van der Waals surface area contributed by atoms with Crippen LogP contribution in [0, 0.1) is 0 Å². The highest BCUT2D eigenvalue weighted by atomic mass is 79.9. The van der Waals surface area contributed by atoms with Crippen LogP contribution in [0.5, 0.6) is 0 Å². The Morgan fingerprint density at radius 1 is 1.24 bits per heavy atom. The monoisotopic (exact) mass is 357 g/mol. The van der Waals surface area contributed by atoms with Gasteiger partial charge in [0.2, 0.25) is 0 Å². The van der Waals surface area contributed by atoms with E-state index < -0.39 is 17.9 Å². The molecule has 0 radical (unpaired) electrons. The molecule has 0 bridgehead atoms. The number of hydrogen-bond donors (Lipinski definition) is 2. The van der Waals surface area contributed by atoms with Gasteiger partial charge in [-0.15, -0.1) is 0 Å². The van der Waals surface area contributed by atoms with Gasteiger partial charge in [0.25, 0.3) is 0 Å². The molecule has 1 rings (SSSR count). The van der Waals surface area contributed by atoms with E-state index in [2.05, 4.69) is 30.7 Å².